The van der Waals surface area contributed by atoms with Gasteiger partial charge in [-0.3, -0.25) is 19.7 Å². The fourth-order valence-electron chi connectivity index (χ4n) is 3.57. The molecule has 0 unspecified atom stereocenters. The number of aromatic nitrogens is 3. The van der Waals surface area contributed by atoms with Gasteiger partial charge in [-0.15, -0.1) is 10.2 Å². The number of hydrogen-bond acceptors (Lipinski definition) is 9. The summed E-state index contributed by atoms with van der Waals surface area (Å²) < 4.78 is 6.88. The van der Waals surface area contributed by atoms with Crippen molar-refractivity contribution in [1.29, 1.82) is 0 Å². The molecule has 0 radical (unpaired) electrons. The average molecular weight is 555 g/mol. The van der Waals surface area contributed by atoms with Crippen LogP contribution in [0.25, 0.3) is 0 Å². The minimum absolute atomic E-state index is 0.0268. The van der Waals surface area contributed by atoms with Crippen LogP contribution in [0.4, 0.5) is 11.4 Å². The van der Waals surface area contributed by atoms with Gasteiger partial charge < -0.3 is 19.9 Å². The molecule has 0 spiro atoms. The quantitative estimate of drug-likeness (QED) is 0.154. The molecule has 12 nitrogen and oxygen atoms in total. The van der Waals surface area contributed by atoms with E-state index >= 15 is 0 Å². The second-order valence-corrected chi connectivity index (χ2v) is 10.2. The normalized spacial score (nSPS) is 11.8. The number of ether oxygens (including phenoxy) is 1. The van der Waals surface area contributed by atoms with Gasteiger partial charge in [0.05, 0.1) is 28.4 Å². The molecule has 2 aromatic carbocycles. The molecule has 0 aliphatic carbocycles. The molecule has 0 saturated carbocycles. The van der Waals surface area contributed by atoms with Crippen LogP contribution in [0.2, 0.25) is 0 Å². The first-order valence-corrected chi connectivity index (χ1v) is 13.1. The Morgan fingerprint density at radius 2 is 1.74 bits per heavy atom. The number of carbonyl (C=O) groups is 3. The van der Waals surface area contributed by atoms with Gasteiger partial charge in [-0.2, -0.15) is 0 Å². The van der Waals surface area contributed by atoms with E-state index in [1.54, 1.807) is 49.7 Å². The Labute approximate surface area is 229 Å². The molecule has 3 rings (SSSR count). The number of carbonyl (C=O) groups excluding carboxylic acids is 3. The number of non-ortho nitro benzene ring substituents is 1. The number of nitrogens with one attached hydrogen (secondary N) is 2. The zero-order valence-corrected chi connectivity index (χ0v) is 23.0. The molecule has 0 aliphatic rings. The van der Waals surface area contributed by atoms with Gasteiger partial charge in [0, 0.05) is 30.4 Å². The maximum atomic E-state index is 12.9. The molecule has 1 aromatic heterocycles. The zero-order valence-electron chi connectivity index (χ0n) is 22.2. The lowest BCUT2D eigenvalue weighted by atomic mass is 10.0. The lowest BCUT2D eigenvalue weighted by Gasteiger charge is -2.21. The SMILES string of the molecule is CC(C)OC(=O)c1cccc(NC(=O)CSc2nnc([C@@H](NC(=O)c3cccc([N+](=O)[O-])c3)C(C)C)n2C)c1. The number of hydrogen-bond donors (Lipinski definition) is 2. The van der Waals surface area contributed by atoms with E-state index in [9.17, 15) is 24.5 Å². The third kappa shape index (κ3) is 7.87. The topological polar surface area (TPSA) is 158 Å². The maximum Gasteiger partial charge on any atom is 0.338 e. The smallest absolute Gasteiger partial charge is 0.338 e. The summed E-state index contributed by atoms with van der Waals surface area (Å²) in [6.45, 7) is 7.32. The van der Waals surface area contributed by atoms with Crippen LogP contribution in [0, 0.1) is 16.0 Å². The highest BCUT2D eigenvalue weighted by atomic mass is 32.2. The summed E-state index contributed by atoms with van der Waals surface area (Å²) in [4.78, 5) is 48.1. The molecule has 1 atom stereocenters. The largest absolute Gasteiger partial charge is 0.459 e. The second kappa shape index (κ2) is 13.0. The number of benzene rings is 2. The summed E-state index contributed by atoms with van der Waals surface area (Å²) in [6.07, 6.45) is -0.258. The van der Waals surface area contributed by atoms with Crippen LogP contribution in [-0.4, -0.2) is 49.3 Å². The molecule has 13 heteroatoms. The highest BCUT2D eigenvalue weighted by Gasteiger charge is 2.26. The van der Waals surface area contributed by atoms with Gasteiger partial charge in [-0.25, -0.2) is 4.79 Å². The predicted molar refractivity (Wildman–Crippen MR) is 145 cm³/mol. The maximum absolute atomic E-state index is 12.9. The van der Waals surface area contributed by atoms with Crippen molar-refractivity contribution < 1.29 is 24.0 Å². The van der Waals surface area contributed by atoms with Crippen molar-refractivity contribution >= 4 is 40.9 Å². The summed E-state index contributed by atoms with van der Waals surface area (Å²) in [5.74, 6) is -0.834. The number of esters is 1. The summed E-state index contributed by atoms with van der Waals surface area (Å²) in [5, 5.41) is 25.6. The van der Waals surface area contributed by atoms with E-state index < -0.39 is 22.8 Å². The van der Waals surface area contributed by atoms with Crippen LogP contribution in [0.1, 0.15) is 60.3 Å². The van der Waals surface area contributed by atoms with Crippen LogP contribution in [0.15, 0.2) is 53.7 Å². The van der Waals surface area contributed by atoms with E-state index in [0.717, 1.165) is 11.8 Å². The summed E-state index contributed by atoms with van der Waals surface area (Å²) in [5.41, 5.74) is 0.770. The highest BCUT2D eigenvalue weighted by molar-refractivity contribution is 7.99. The number of nitrogens with zero attached hydrogens (tertiary/aromatic N) is 4. The number of nitro groups is 1. The van der Waals surface area contributed by atoms with Gasteiger partial charge in [0.2, 0.25) is 5.91 Å². The monoisotopic (exact) mass is 554 g/mol. The highest BCUT2D eigenvalue weighted by Crippen LogP contribution is 2.25. The molecule has 0 saturated heterocycles. The Morgan fingerprint density at radius 1 is 1.05 bits per heavy atom. The Kier molecular flexibility index (Phi) is 9.77. The number of rotatable bonds is 11. The van der Waals surface area contributed by atoms with Crippen molar-refractivity contribution in [1.82, 2.24) is 20.1 Å². The van der Waals surface area contributed by atoms with E-state index in [2.05, 4.69) is 20.8 Å². The Balaban J connectivity index is 1.65. The average Bonchev–Trinajstić information content (AvgIpc) is 3.25. The lowest BCUT2D eigenvalue weighted by molar-refractivity contribution is -0.384. The van der Waals surface area contributed by atoms with Crippen molar-refractivity contribution in [2.75, 3.05) is 11.1 Å². The number of anilines is 1. The van der Waals surface area contributed by atoms with Crippen LogP contribution in [0.3, 0.4) is 0 Å². The molecular weight excluding hydrogens is 524 g/mol. The fraction of sp³-hybridized carbons (Fsp3) is 0.346. The Morgan fingerprint density at radius 3 is 2.41 bits per heavy atom. The van der Waals surface area contributed by atoms with Gasteiger partial charge in [0.1, 0.15) is 0 Å². The van der Waals surface area contributed by atoms with E-state index in [1.807, 2.05) is 13.8 Å². The molecule has 3 aromatic rings. The molecule has 206 valence electrons. The third-order valence-electron chi connectivity index (χ3n) is 5.48. The Hall–Kier alpha value is -4.26. The number of thioether (sulfide) groups is 1. The van der Waals surface area contributed by atoms with E-state index in [1.165, 1.54) is 24.3 Å². The lowest BCUT2D eigenvalue weighted by Crippen LogP contribution is -2.33. The van der Waals surface area contributed by atoms with Crippen molar-refractivity contribution in [3.63, 3.8) is 0 Å². The molecule has 2 amide bonds. The Bertz CT molecular complexity index is 1370. The van der Waals surface area contributed by atoms with Crippen LogP contribution < -0.4 is 10.6 Å². The van der Waals surface area contributed by atoms with Gasteiger partial charge >= 0.3 is 5.97 Å². The first kappa shape index (κ1) is 29.3. The fourth-order valence-corrected chi connectivity index (χ4v) is 4.29. The summed E-state index contributed by atoms with van der Waals surface area (Å²) in [7, 11) is 1.73. The zero-order chi connectivity index (χ0) is 28.7. The van der Waals surface area contributed by atoms with Crippen LogP contribution in [-0.2, 0) is 16.6 Å². The van der Waals surface area contributed by atoms with E-state index in [4.69, 9.17) is 4.74 Å². The van der Waals surface area contributed by atoms with E-state index in [-0.39, 0.29) is 34.9 Å². The molecule has 2 N–H and O–H groups in total. The summed E-state index contributed by atoms with van der Waals surface area (Å²) >= 11 is 1.16. The second-order valence-electron chi connectivity index (χ2n) is 9.27. The number of amides is 2. The molecule has 0 aliphatic heterocycles. The van der Waals surface area contributed by atoms with Crippen molar-refractivity contribution in [2.45, 2.75) is 45.0 Å². The third-order valence-corrected chi connectivity index (χ3v) is 6.50. The standard InChI is InChI=1S/C26H30N6O6S/c1-15(2)22(28-24(34)17-8-7-11-20(13-17)32(36)37)23-29-30-26(31(23)5)39-14-21(33)27-19-10-6-9-18(12-19)25(35)38-16(3)4/h6-13,15-16,22H,14H2,1-5H3,(H,27,33)(H,28,34)/t22-/m0/s1. The summed E-state index contributed by atoms with van der Waals surface area (Å²) in [6, 6.07) is 11.4. The van der Waals surface area contributed by atoms with Crippen LogP contribution in [0.5, 0.6) is 0 Å². The molecular formula is C26H30N6O6S. The van der Waals surface area contributed by atoms with Crippen molar-refractivity contribution in [2.24, 2.45) is 13.0 Å². The molecule has 0 bridgehead atoms. The van der Waals surface area contributed by atoms with Gasteiger partial charge in [-0.05, 0) is 44.0 Å². The number of nitro benzene ring substituents is 1. The van der Waals surface area contributed by atoms with Crippen LogP contribution >= 0.6 is 11.8 Å². The van der Waals surface area contributed by atoms with Gasteiger partial charge in [0.25, 0.3) is 11.6 Å². The molecule has 39 heavy (non-hydrogen) atoms. The van der Waals surface area contributed by atoms with E-state index in [0.29, 0.717) is 22.2 Å². The van der Waals surface area contributed by atoms with Crippen molar-refractivity contribution in [3.8, 4) is 0 Å². The van der Waals surface area contributed by atoms with Gasteiger partial charge in [0.15, 0.2) is 11.0 Å². The first-order valence-electron chi connectivity index (χ1n) is 12.1. The molecule has 0 fully saturated rings. The minimum Gasteiger partial charge on any atom is -0.459 e. The van der Waals surface area contributed by atoms with Gasteiger partial charge in [-0.1, -0.05) is 37.7 Å². The first-order chi connectivity index (χ1) is 18.5. The minimum atomic E-state index is -0.559. The van der Waals surface area contributed by atoms with Crippen molar-refractivity contribution in [3.05, 3.63) is 75.6 Å². The molecule has 1 heterocycles. The predicted octanol–water partition coefficient (Wildman–Crippen LogP) is 4.15.